The molecule has 0 fully saturated rings. The lowest BCUT2D eigenvalue weighted by Crippen LogP contribution is -2.03. The number of hydrogen-bond acceptors (Lipinski definition) is 1. The van der Waals surface area contributed by atoms with Crippen molar-refractivity contribution in [3.63, 3.8) is 0 Å². The summed E-state index contributed by atoms with van der Waals surface area (Å²) < 4.78 is 15.4. The molecule has 2 nitrogen and oxygen atoms in total. The molecule has 4 heteroatoms. The van der Waals surface area contributed by atoms with Gasteiger partial charge in [-0.3, -0.25) is 0 Å². The van der Waals surface area contributed by atoms with Crippen LogP contribution in [0.15, 0.2) is 48.5 Å². The molecule has 3 aromatic rings. The predicted octanol–water partition coefficient (Wildman–Crippen LogP) is 4.55. The number of aryl methyl sites for hydroxylation is 2. The third-order valence-corrected chi connectivity index (χ3v) is 3.84. The second kappa shape index (κ2) is 6.27. The van der Waals surface area contributed by atoms with E-state index in [2.05, 4.69) is 33.8 Å². The summed E-state index contributed by atoms with van der Waals surface area (Å²) in [4.78, 5) is 4.41. The van der Waals surface area contributed by atoms with Gasteiger partial charge in [-0.15, -0.1) is 11.6 Å². The van der Waals surface area contributed by atoms with Gasteiger partial charge < -0.3 is 4.57 Å². The fourth-order valence-corrected chi connectivity index (χ4v) is 2.79. The molecule has 0 bridgehead atoms. The maximum Gasteiger partial charge on any atom is 0.125 e. The quantitative estimate of drug-likeness (QED) is 0.632. The Morgan fingerprint density at radius 1 is 1.10 bits per heavy atom. The monoisotopic (exact) mass is 302 g/mol. The molecule has 108 valence electrons. The van der Waals surface area contributed by atoms with Crippen molar-refractivity contribution in [2.45, 2.75) is 25.3 Å². The van der Waals surface area contributed by atoms with Crippen molar-refractivity contribution in [3.8, 4) is 0 Å². The Hall–Kier alpha value is -1.87. The molecule has 3 rings (SSSR count). The average molecular weight is 303 g/mol. The van der Waals surface area contributed by atoms with E-state index in [0.29, 0.717) is 11.4 Å². The van der Waals surface area contributed by atoms with Crippen LogP contribution in [0, 0.1) is 5.82 Å². The van der Waals surface area contributed by atoms with Crippen molar-refractivity contribution in [2.75, 3.05) is 0 Å². The molecule has 1 heterocycles. The fraction of sp³-hybridized carbons (Fsp3) is 0.235. The van der Waals surface area contributed by atoms with E-state index in [4.69, 9.17) is 11.6 Å². The molecule has 0 N–H and O–H groups in total. The molecular formula is C17H16ClFN2. The van der Waals surface area contributed by atoms with E-state index in [9.17, 15) is 4.39 Å². The SMILES string of the molecule is Fc1ccc2c(c1)nc(CCl)n2CCCc1ccccc1. The topological polar surface area (TPSA) is 17.8 Å². The van der Waals surface area contributed by atoms with Crippen LogP contribution in [-0.2, 0) is 18.8 Å². The molecule has 1 aromatic heterocycles. The Morgan fingerprint density at radius 2 is 1.90 bits per heavy atom. The van der Waals surface area contributed by atoms with E-state index in [1.807, 2.05) is 6.07 Å². The third-order valence-electron chi connectivity index (χ3n) is 3.60. The summed E-state index contributed by atoms with van der Waals surface area (Å²) in [6, 6.07) is 15.1. The highest BCUT2D eigenvalue weighted by Gasteiger charge is 2.10. The smallest absolute Gasteiger partial charge is 0.125 e. The van der Waals surface area contributed by atoms with Crippen molar-refractivity contribution in [1.82, 2.24) is 9.55 Å². The van der Waals surface area contributed by atoms with Crippen LogP contribution in [0.2, 0.25) is 0 Å². The minimum Gasteiger partial charge on any atom is -0.327 e. The lowest BCUT2D eigenvalue weighted by Gasteiger charge is -2.08. The number of halogens is 2. The highest BCUT2D eigenvalue weighted by molar-refractivity contribution is 6.16. The predicted molar refractivity (Wildman–Crippen MR) is 84.0 cm³/mol. The van der Waals surface area contributed by atoms with Gasteiger partial charge in [-0.25, -0.2) is 9.37 Å². The number of benzene rings is 2. The molecule has 21 heavy (non-hydrogen) atoms. The van der Waals surface area contributed by atoms with Crippen LogP contribution in [0.4, 0.5) is 4.39 Å². The zero-order chi connectivity index (χ0) is 14.7. The number of nitrogens with zero attached hydrogens (tertiary/aromatic N) is 2. The van der Waals surface area contributed by atoms with E-state index in [1.54, 1.807) is 6.07 Å². The number of hydrogen-bond donors (Lipinski definition) is 0. The van der Waals surface area contributed by atoms with Crippen molar-refractivity contribution in [2.24, 2.45) is 0 Å². The Bertz CT molecular complexity index is 737. The molecule has 0 aliphatic carbocycles. The fourth-order valence-electron chi connectivity index (χ4n) is 2.59. The molecule has 0 atom stereocenters. The number of rotatable bonds is 5. The first-order chi connectivity index (χ1) is 10.3. The summed E-state index contributed by atoms with van der Waals surface area (Å²) in [5, 5.41) is 0. The van der Waals surface area contributed by atoms with Crippen LogP contribution < -0.4 is 0 Å². The molecule has 0 radical (unpaired) electrons. The minimum atomic E-state index is -0.266. The van der Waals surface area contributed by atoms with Crippen LogP contribution in [0.25, 0.3) is 11.0 Å². The lowest BCUT2D eigenvalue weighted by atomic mass is 10.1. The summed E-state index contributed by atoms with van der Waals surface area (Å²) in [7, 11) is 0. The van der Waals surface area contributed by atoms with E-state index < -0.39 is 0 Å². The van der Waals surface area contributed by atoms with Gasteiger partial charge in [0.05, 0.1) is 16.9 Å². The summed E-state index contributed by atoms with van der Waals surface area (Å²) in [6.07, 6.45) is 2.00. The summed E-state index contributed by atoms with van der Waals surface area (Å²) in [6.45, 7) is 0.832. The van der Waals surface area contributed by atoms with E-state index >= 15 is 0 Å². The first kappa shape index (κ1) is 14.1. The van der Waals surface area contributed by atoms with Gasteiger partial charge in [-0.1, -0.05) is 30.3 Å². The van der Waals surface area contributed by atoms with Gasteiger partial charge in [-0.2, -0.15) is 0 Å². The molecule has 0 aliphatic rings. The zero-order valence-electron chi connectivity index (χ0n) is 11.6. The highest BCUT2D eigenvalue weighted by atomic mass is 35.5. The number of fused-ring (bicyclic) bond motifs is 1. The van der Waals surface area contributed by atoms with Gasteiger partial charge in [0.1, 0.15) is 11.6 Å². The number of alkyl halides is 1. The summed E-state index contributed by atoms with van der Waals surface area (Å²) in [5.41, 5.74) is 2.94. The second-order valence-electron chi connectivity index (χ2n) is 5.04. The Morgan fingerprint density at radius 3 is 2.67 bits per heavy atom. The maximum absolute atomic E-state index is 13.3. The number of imidazole rings is 1. The van der Waals surface area contributed by atoms with Crippen molar-refractivity contribution >= 4 is 22.6 Å². The number of aromatic nitrogens is 2. The average Bonchev–Trinajstić information content (AvgIpc) is 2.85. The second-order valence-corrected chi connectivity index (χ2v) is 5.30. The van der Waals surface area contributed by atoms with Gasteiger partial charge in [-0.05, 0) is 30.5 Å². The van der Waals surface area contributed by atoms with Gasteiger partial charge in [0.15, 0.2) is 0 Å². The molecule has 0 amide bonds. The normalized spacial score (nSPS) is 11.1. The molecule has 0 aliphatic heterocycles. The molecular weight excluding hydrogens is 287 g/mol. The molecule has 0 spiro atoms. The summed E-state index contributed by atoms with van der Waals surface area (Å²) >= 11 is 5.96. The lowest BCUT2D eigenvalue weighted by molar-refractivity contribution is 0.627. The zero-order valence-corrected chi connectivity index (χ0v) is 12.4. The minimum absolute atomic E-state index is 0.266. The van der Waals surface area contributed by atoms with Gasteiger partial charge in [0, 0.05) is 12.6 Å². The Balaban J connectivity index is 1.79. The molecule has 2 aromatic carbocycles. The molecule has 0 saturated heterocycles. The van der Waals surface area contributed by atoms with Crippen molar-refractivity contribution < 1.29 is 4.39 Å². The van der Waals surface area contributed by atoms with E-state index in [-0.39, 0.29) is 5.82 Å². The Kier molecular flexibility index (Phi) is 4.20. The standard InChI is InChI=1S/C17H16ClFN2/c18-12-17-20-15-11-14(19)8-9-16(15)21(17)10-4-7-13-5-2-1-3-6-13/h1-3,5-6,8-9,11H,4,7,10,12H2. The van der Waals surface area contributed by atoms with Gasteiger partial charge in [0.2, 0.25) is 0 Å². The van der Waals surface area contributed by atoms with E-state index in [0.717, 1.165) is 30.7 Å². The third kappa shape index (κ3) is 3.08. The van der Waals surface area contributed by atoms with Crippen LogP contribution in [0.5, 0.6) is 0 Å². The molecule has 0 unspecified atom stereocenters. The van der Waals surface area contributed by atoms with Crippen LogP contribution in [0.3, 0.4) is 0 Å². The van der Waals surface area contributed by atoms with Crippen molar-refractivity contribution in [1.29, 1.82) is 0 Å². The first-order valence-corrected chi connectivity index (χ1v) is 7.56. The van der Waals surface area contributed by atoms with E-state index in [1.165, 1.54) is 17.7 Å². The largest absolute Gasteiger partial charge is 0.327 e. The first-order valence-electron chi connectivity index (χ1n) is 7.02. The highest BCUT2D eigenvalue weighted by Crippen LogP contribution is 2.19. The molecule has 0 saturated carbocycles. The van der Waals surface area contributed by atoms with Crippen LogP contribution in [-0.4, -0.2) is 9.55 Å². The summed E-state index contributed by atoms with van der Waals surface area (Å²) in [5.74, 6) is 0.865. The van der Waals surface area contributed by atoms with Gasteiger partial charge in [0.25, 0.3) is 0 Å². The maximum atomic E-state index is 13.3. The van der Waals surface area contributed by atoms with Gasteiger partial charge >= 0.3 is 0 Å². The van der Waals surface area contributed by atoms with Crippen molar-refractivity contribution in [3.05, 3.63) is 65.7 Å². The van der Waals surface area contributed by atoms with Crippen LogP contribution in [0.1, 0.15) is 17.8 Å². The van der Waals surface area contributed by atoms with Crippen LogP contribution >= 0.6 is 11.6 Å². The Labute approximate surface area is 128 Å².